The first-order valence-corrected chi connectivity index (χ1v) is 5.05. The Morgan fingerprint density at radius 3 is 2.47 bits per heavy atom. The van der Waals surface area contributed by atoms with Crippen molar-refractivity contribution in [3.05, 3.63) is 35.9 Å². The number of hydrogen-bond donors (Lipinski definition) is 0. The Kier molecular flexibility index (Phi) is 3.62. The SMILES string of the molecule is CC(C)(C#N)C(=O)CCc1ccccc1. The van der Waals surface area contributed by atoms with Crippen LogP contribution in [0, 0.1) is 16.7 Å². The van der Waals surface area contributed by atoms with Gasteiger partial charge in [-0.15, -0.1) is 0 Å². The predicted octanol–water partition coefficient (Wildman–Crippen LogP) is 2.74. The molecule has 0 aliphatic heterocycles. The Labute approximate surface area is 90.5 Å². The fourth-order valence-corrected chi connectivity index (χ4v) is 1.28. The zero-order chi connectivity index (χ0) is 11.3. The quantitative estimate of drug-likeness (QED) is 0.751. The van der Waals surface area contributed by atoms with E-state index in [9.17, 15) is 4.79 Å². The molecule has 0 heterocycles. The zero-order valence-corrected chi connectivity index (χ0v) is 9.16. The summed E-state index contributed by atoms with van der Waals surface area (Å²) in [6.07, 6.45) is 1.15. The van der Waals surface area contributed by atoms with Gasteiger partial charge in [0.05, 0.1) is 6.07 Å². The Bertz CT molecular complexity index is 373. The fourth-order valence-electron chi connectivity index (χ4n) is 1.28. The number of benzene rings is 1. The Balaban J connectivity index is 2.53. The van der Waals surface area contributed by atoms with Gasteiger partial charge in [-0.05, 0) is 25.8 Å². The number of hydrogen-bond acceptors (Lipinski definition) is 2. The number of carbonyl (C=O) groups is 1. The number of Topliss-reactive ketones (excluding diaryl/α,β-unsaturated/α-hetero) is 1. The normalized spacial score (nSPS) is 10.7. The van der Waals surface area contributed by atoms with E-state index in [2.05, 4.69) is 0 Å². The van der Waals surface area contributed by atoms with Crippen LogP contribution >= 0.6 is 0 Å². The van der Waals surface area contributed by atoms with Crippen LogP contribution in [0.1, 0.15) is 25.8 Å². The highest BCUT2D eigenvalue weighted by atomic mass is 16.1. The van der Waals surface area contributed by atoms with E-state index >= 15 is 0 Å². The molecule has 0 N–H and O–H groups in total. The zero-order valence-electron chi connectivity index (χ0n) is 9.16. The van der Waals surface area contributed by atoms with Gasteiger partial charge in [0.2, 0.25) is 0 Å². The van der Waals surface area contributed by atoms with Gasteiger partial charge in [-0.1, -0.05) is 30.3 Å². The van der Waals surface area contributed by atoms with E-state index in [4.69, 9.17) is 5.26 Å². The average Bonchev–Trinajstić information content (AvgIpc) is 2.27. The van der Waals surface area contributed by atoms with Crippen LogP contribution in [0.4, 0.5) is 0 Å². The third-order valence-corrected chi connectivity index (χ3v) is 2.46. The summed E-state index contributed by atoms with van der Waals surface area (Å²) in [5, 5.41) is 8.79. The number of rotatable bonds is 4. The van der Waals surface area contributed by atoms with E-state index in [0.29, 0.717) is 12.8 Å². The van der Waals surface area contributed by atoms with Crippen LogP contribution in [-0.2, 0) is 11.2 Å². The smallest absolute Gasteiger partial charge is 0.152 e. The van der Waals surface area contributed by atoms with Crippen molar-refractivity contribution in [1.82, 2.24) is 0 Å². The lowest BCUT2D eigenvalue weighted by molar-refractivity contribution is -0.124. The summed E-state index contributed by atoms with van der Waals surface area (Å²) >= 11 is 0. The summed E-state index contributed by atoms with van der Waals surface area (Å²) in [7, 11) is 0. The van der Waals surface area contributed by atoms with Crippen molar-refractivity contribution in [1.29, 1.82) is 5.26 Å². The van der Waals surface area contributed by atoms with Crippen molar-refractivity contribution in [2.75, 3.05) is 0 Å². The molecule has 0 bridgehead atoms. The standard InChI is InChI=1S/C13H15NO/c1-13(2,10-14)12(15)9-8-11-6-4-3-5-7-11/h3-7H,8-9H2,1-2H3. The van der Waals surface area contributed by atoms with Crippen LogP contribution in [0.15, 0.2) is 30.3 Å². The van der Waals surface area contributed by atoms with Gasteiger partial charge in [0.15, 0.2) is 5.78 Å². The Hall–Kier alpha value is -1.62. The lowest BCUT2D eigenvalue weighted by Gasteiger charge is -2.12. The van der Waals surface area contributed by atoms with Crippen molar-refractivity contribution in [2.24, 2.45) is 5.41 Å². The fraction of sp³-hybridized carbons (Fsp3) is 0.385. The molecule has 2 heteroatoms. The maximum Gasteiger partial charge on any atom is 0.152 e. The van der Waals surface area contributed by atoms with Crippen LogP contribution in [-0.4, -0.2) is 5.78 Å². The van der Waals surface area contributed by atoms with Crippen molar-refractivity contribution in [3.8, 4) is 6.07 Å². The molecule has 0 saturated carbocycles. The highest BCUT2D eigenvalue weighted by molar-refractivity contribution is 5.86. The van der Waals surface area contributed by atoms with E-state index in [1.54, 1.807) is 13.8 Å². The molecule has 0 aromatic heterocycles. The first-order valence-electron chi connectivity index (χ1n) is 5.05. The average molecular weight is 201 g/mol. The molecule has 0 aliphatic rings. The molecular formula is C13H15NO. The van der Waals surface area contributed by atoms with Gasteiger partial charge in [0.1, 0.15) is 5.41 Å². The molecule has 0 spiro atoms. The first kappa shape index (κ1) is 11.5. The maximum absolute atomic E-state index is 11.6. The lowest BCUT2D eigenvalue weighted by Crippen LogP contribution is -2.22. The molecule has 0 unspecified atom stereocenters. The molecule has 0 radical (unpaired) electrons. The predicted molar refractivity (Wildman–Crippen MR) is 59.2 cm³/mol. The molecule has 15 heavy (non-hydrogen) atoms. The molecule has 1 aromatic rings. The molecule has 1 aromatic carbocycles. The lowest BCUT2D eigenvalue weighted by atomic mass is 9.87. The first-order chi connectivity index (χ1) is 7.06. The molecule has 78 valence electrons. The van der Waals surface area contributed by atoms with Crippen molar-refractivity contribution >= 4 is 5.78 Å². The molecule has 0 amide bonds. The summed E-state index contributed by atoms with van der Waals surface area (Å²) in [4.78, 5) is 11.6. The molecule has 2 nitrogen and oxygen atoms in total. The third-order valence-electron chi connectivity index (χ3n) is 2.46. The van der Waals surface area contributed by atoms with E-state index in [1.807, 2.05) is 36.4 Å². The molecular weight excluding hydrogens is 186 g/mol. The van der Waals surface area contributed by atoms with Gasteiger partial charge in [-0.25, -0.2) is 0 Å². The van der Waals surface area contributed by atoms with Crippen LogP contribution < -0.4 is 0 Å². The molecule has 0 fully saturated rings. The van der Waals surface area contributed by atoms with Crippen LogP contribution in [0.3, 0.4) is 0 Å². The van der Waals surface area contributed by atoms with Crippen molar-refractivity contribution in [2.45, 2.75) is 26.7 Å². The van der Waals surface area contributed by atoms with Gasteiger partial charge in [-0.3, -0.25) is 4.79 Å². The molecule has 0 atom stereocenters. The molecule has 0 aliphatic carbocycles. The molecule has 0 saturated heterocycles. The van der Waals surface area contributed by atoms with E-state index in [-0.39, 0.29) is 5.78 Å². The van der Waals surface area contributed by atoms with Gasteiger partial charge in [0, 0.05) is 6.42 Å². The number of carbonyl (C=O) groups excluding carboxylic acids is 1. The van der Waals surface area contributed by atoms with Gasteiger partial charge >= 0.3 is 0 Å². The second kappa shape index (κ2) is 4.75. The van der Waals surface area contributed by atoms with Gasteiger partial charge in [-0.2, -0.15) is 5.26 Å². The van der Waals surface area contributed by atoms with E-state index in [1.165, 1.54) is 0 Å². The van der Waals surface area contributed by atoms with Gasteiger partial charge in [0.25, 0.3) is 0 Å². The van der Waals surface area contributed by atoms with Crippen molar-refractivity contribution < 1.29 is 4.79 Å². The van der Waals surface area contributed by atoms with E-state index < -0.39 is 5.41 Å². The van der Waals surface area contributed by atoms with Crippen LogP contribution in [0.25, 0.3) is 0 Å². The Morgan fingerprint density at radius 1 is 1.33 bits per heavy atom. The third kappa shape index (κ3) is 3.21. The highest BCUT2D eigenvalue weighted by Gasteiger charge is 2.26. The number of nitrogens with zero attached hydrogens (tertiary/aromatic N) is 1. The largest absolute Gasteiger partial charge is 0.298 e. The monoisotopic (exact) mass is 201 g/mol. The van der Waals surface area contributed by atoms with Crippen LogP contribution in [0.5, 0.6) is 0 Å². The minimum absolute atomic E-state index is 0.00820. The maximum atomic E-state index is 11.6. The number of ketones is 1. The highest BCUT2D eigenvalue weighted by Crippen LogP contribution is 2.18. The minimum Gasteiger partial charge on any atom is -0.298 e. The van der Waals surface area contributed by atoms with Gasteiger partial charge < -0.3 is 0 Å². The number of aryl methyl sites for hydroxylation is 1. The van der Waals surface area contributed by atoms with Crippen LogP contribution in [0.2, 0.25) is 0 Å². The summed E-state index contributed by atoms with van der Waals surface area (Å²) < 4.78 is 0. The summed E-state index contributed by atoms with van der Waals surface area (Å²) in [6, 6.07) is 11.9. The topological polar surface area (TPSA) is 40.9 Å². The second-order valence-corrected chi connectivity index (χ2v) is 4.15. The second-order valence-electron chi connectivity index (χ2n) is 4.15. The van der Waals surface area contributed by atoms with E-state index in [0.717, 1.165) is 5.56 Å². The minimum atomic E-state index is -0.852. The summed E-state index contributed by atoms with van der Waals surface area (Å²) in [5.74, 6) is 0.00820. The summed E-state index contributed by atoms with van der Waals surface area (Å²) in [6.45, 7) is 3.33. The summed E-state index contributed by atoms with van der Waals surface area (Å²) in [5.41, 5.74) is 0.286. The molecule has 1 rings (SSSR count). The Morgan fingerprint density at radius 2 is 1.93 bits per heavy atom. The number of nitriles is 1. The van der Waals surface area contributed by atoms with Crippen molar-refractivity contribution in [3.63, 3.8) is 0 Å².